The molecule has 1 unspecified atom stereocenters. The maximum Gasteiger partial charge on any atom is 0.306 e. The number of rotatable bonds is 7. The zero-order chi connectivity index (χ0) is 14.4. The van der Waals surface area contributed by atoms with Crippen molar-refractivity contribution in [2.75, 3.05) is 19.0 Å². The summed E-state index contributed by atoms with van der Waals surface area (Å²) >= 11 is 0. The second kappa shape index (κ2) is 6.69. The van der Waals surface area contributed by atoms with E-state index in [4.69, 9.17) is 9.84 Å². The van der Waals surface area contributed by atoms with Gasteiger partial charge in [0.1, 0.15) is 0 Å². The number of nitrogens with one attached hydrogen (secondary N) is 1. The smallest absolute Gasteiger partial charge is 0.306 e. The van der Waals surface area contributed by atoms with Gasteiger partial charge in [-0.25, -0.2) is 0 Å². The average molecular weight is 268 g/mol. The largest absolute Gasteiger partial charge is 0.481 e. The molecule has 7 nitrogen and oxygen atoms in total. The predicted molar refractivity (Wildman–Crippen MR) is 69.4 cm³/mol. The lowest BCUT2D eigenvalue weighted by Crippen LogP contribution is -2.25. The number of aryl methyl sites for hydroxylation is 1. The molecule has 1 aromatic carbocycles. The Morgan fingerprint density at radius 3 is 2.79 bits per heavy atom. The Morgan fingerprint density at radius 2 is 2.26 bits per heavy atom. The van der Waals surface area contributed by atoms with Gasteiger partial charge in [0.25, 0.3) is 5.69 Å². The van der Waals surface area contributed by atoms with Crippen molar-refractivity contribution >= 4 is 17.3 Å². The van der Waals surface area contributed by atoms with Gasteiger partial charge in [-0.1, -0.05) is 6.07 Å². The number of methoxy groups -OCH3 is 1. The molecule has 2 N–H and O–H groups in total. The van der Waals surface area contributed by atoms with E-state index in [-0.39, 0.29) is 18.7 Å². The van der Waals surface area contributed by atoms with Crippen molar-refractivity contribution in [3.63, 3.8) is 0 Å². The minimum Gasteiger partial charge on any atom is -0.481 e. The molecule has 19 heavy (non-hydrogen) atoms. The minimum atomic E-state index is -0.955. The maximum atomic E-state index is 10.8. The number of ether oxygens (including phenoxy) is 1. The number of hydrogen-bond acceptors (Lipinski definition) is 5. The first-order chi connectivity index (χ1) is 8.93. The Hall–Kier alpha value is -2.15. The Kier molecular flexibility index (Phi) is 5.25. The topological polar surface area (TPSA) is 102 Å². The van der Waals surface area contributed by atoms with Crippen molar-refractivity contribution in [1.82, 2.24) is 0 Å². The summed E-state index contributed by atoms with van der Waals surface area (Å²) < 4.78 is 5.01. The number of hydrogen-bond donors (Lipinski definition) is 2. The molecule has 7 heteroatoms. The normalized spacial score (nSPS) is 11.9. The van der Waals surface area contributed by atoms with Crippen LogP contribution in [0.5, 0.6) is 0 Å². The fourth-order valence-electron chi connectivity index (χ4n) is 1.58. The molecule has 1 aromatic rings. The van der Waals surface area contributed by atoms with Gasteiger partial charge in [-0.15, -0.1) is 0 Å². The zero-order valence-electron chi connectivity index (χ0n) is 10.8. The molecule has 0 radical (unpaired) electrons. The van der Waals surface area contributed by atoms with Crippen molar-refractivity contribution in [2.45, 2.75) is 19.4 Å². The highest BCUT2D eigenvalue weighted by molar-refractivity contribution is 5.67. The first-order valence-electron chi connectivity index (χ1n) is 5.67. The van der Waals surface area contributed by atoms with Gasteiger partial charge in [0.05, 0.1) is 17.4 Å². The SMILES string of the molecule is COC(CNc1ccc(C)c([N+](=O)[O-])c1)CC(=O)O. The van der Waals surface area contributed by atoms with Crippen LogP contribution >= 0.6 is 0 Å². The lowest BCUT2D eigenvalue weighted by molar-refractivity contribution is -0.385. The van der Waals surface area contributed by atoms with Gasteiger partial charge < -0.3 is 15.2 Å². The molecule has 0 aliphatic heterocycles. The number of benzene rings is 1. The second-order valence-electron chi connectivity index (χ2n) is 4.09. The summed E-state index contributed by atoms with van der Waals surface area (Å²) in [5.41, 5.74) is 1.16. The zero-order valence-corrected chi connectivity index (χ0v) is 10.8. The first kappa shape index (κ1) is 14.9. The third-order valence-corrected chi connectivity index (χ3v) is 2.68. The average Bonchev–Trinajstić information content (AvgIpc) is 2.35. The lowest BCUT2D eigenvalue weighted by Gasteiger charge is -2.14. The van der Waals surface area contributed by atoms with E-state index in [0.717, 1.165) is 0 Å². The van der Waals surface area contributed by atoms with Crippen LogP contribution in [0.2, 0.25) is 0 Å². The van der Waals surface area contributed by atoms with Gasteiger partial charge >= 0.3 is 5.97 Å². The monoisotopic (exact) mass is 268 g/mol. The molecule has 0 amide bonds. The molecule has 0 saturated heterocycles. The number of anilines is 1. The molecular formula is C12H16N2O5. The molecular weight excluding hydrogens is 252 g/mol. The highest BCUT2D eigenvalue weighted by atomic mass is 16.6. The van der Waals surface area contributed by atoms with Gasteiger partial charge in [-0.3, -0.25) is 14.9 Å². The number of nitro benzene ring substituents is 1. The van der Waals surface area contributed by atoms with Gasteiger partial charge in [0.2, 0.25) is 0 Å². The summed E-state index contributed by atoms with van der Waals surface area (Å²) in [6, 6.07) is 4.76. The van der Waals surface area contributed by atoms with Crippen LogP contribution < -0.4 is 5.32 Å². The minimum absolute atomic E-state index is 0.0252. The van der Waals surface area contributed by atoms with E-state index in [1.165, 1.54) is 13.2 Å². The molecule has 0 aromatic heterocycles. The summed E-state index contributed by atoms with van der Waals surface area (Å²) in [5, 5.41) is 22.4. The third-order valence-electron chi connectivity index (χ3n) is 2.68. The van der Waals surface area contributed by atoms with Crippen LogP contribution in [0, 0.1) is 17.0 Å². The summed E-state index contributed by atoms with van der Waals surface area (Å²) in [7, 11) is 1.42. The van der Waals surface area contributed by atoms with E-state index in [2.05, 4.69) is 5.32 Å². The molecule has 0 heterocycles. The molecule has 0 aliphatic carbocycles. The molecule has 0 aliphatic rings. The Bertz CT molecular complexity index is 475. The number of carbonyl (C=O) groups is 1. The predicted octanol–water partition coefficient (Wildman–Crippen LogP) is 1.80. The van der Waals surface area contributed by atoms with Gasteiger partial charge in [-0.2, -0.15) is 0 Å². The fraction of sp³-hybridized carbons (Fsp3) is 0.417. The summed E-state index contributed by atoms with van der Waals surface area (Å²) in [6.07, 6.45) is -0.616. The van der Waals surface area contributed by atoms with Crippen molar-refractivity contribution in [1.29, 1.82) is 0 Å². The molecule has 1 rings (SSSR count). The summed E-state index contributed by atoms with van der Waals surface area (Å²) in [5.74, 6) is -0.955. The third kappa shape index (κ3) is 4.55. The van der Waals surface area contributed by atoms with Crippen molar-refractivity contribution in [3.05, 3.63) is 33.9 Å². The van der Waals surface area contributed by atoms with Gasteiger partial charge in [0, 0.05) is 31.0 Å². The van der Waals surface area contributed by atoms with E-state index >= 15 is 0 Å². The number of nitrogens with zero attached hydrogens (tertiary/aromatic N) is 1. The van der Waals surface area contributed by atoms with Crippen LogP contribution in [0.25, 0.3) is 0 Å². The van der Waals surface area contributed by atoms with Crippen molar-refractivity contribution < 1.29 is 19.6 Å². The molecule has 0 saturated carbocycles. The fourth-order valence-corrected chi connectivity index (χ4v) is 1.58. The number of nitro groups is 1. The molecule has 104 valence electrons. The molecule has 0 spiro atoms. The Morgan fingerprint density at radius 1 is 1.58 bits per heavy atom. The van der Waals surface area contributed by atoms with Crippen LogP contribution in [0.1, 0.15) is 12.0 Å². The van der Waals surface area contributed by atoms with Crippen molar-refractivity contribution in [3.8, 4) is 0 Å². The van der Waals surface area contributed by atoms with Crippen LogP contribution in [0.4, 0.5) is 11.4 Å². The van der Waals surface area contributed by atoms with E-state index in [1.807, 2.05) is 0 Å². The second-order valence-corrected chi connectivity index (χ2v) is 4.09. The van der Waals surface area contributed by atoms with E-state index < -0.39 is 17.0 Å². The highest BCUT2D eigenvalue weighted by Crippen LogP contribution is 2.22. The van der Waals surface area contributed by atoms with Crippen LogP contribution in [-0.4, -0.2) is 35.8 Å². The van der Waals surface area contributed by atoms with Crippen LogP contribution in [0.15, 0.2) is 18.2 Å². The Labute approximate surface area is 110 Å². The van der Waals surface area contributed by atoms with E-state index in [9.17, 15) is 14.9 Å². The van der Waals surface area contributed by atoms with E-state index in [0.29, 0.717) is 11.3 Å². The number of carboxylic acids is 1. The summed E-state index contributed by atoms with van der Waals surface area (Å²) in [6.45, 7) is 1.92. The Balaban J connectivity index is 2.69. The number of aliphatic carboxylic acids is 1. The molecule has 0 bridgehead atoms. The molecule has 1 atom stereocenters. The number of carboxylic acid groups (broad SMARTS) is 1. The highest BCUT2D eigenvalue weighted by Gasteiger charge is 2.14. The standard InChI is InChI=1S/C12H16N2O5/c1-8-3-4-9(5-11(8)14(17)18)13-7-10(19-2)6-12(15)16/h3-5,10,13H,6-7H2,1-2H3,(H,15,16). The van der Waals surface area contributed by atoms with Gasteiger partial charge in [-0.05, 0) is 13.0 Å². The summed E-state index contributed by atoms with van der Waals surface area (Å²) in [4.78, 5) is 20.9. The molecule has 0 fully saturated rings. The van der Waals surface area contributed by atoms with Crippen molar-refractivity contribution in [2.24, 2.45) is 0 Å². The van der Waals surface area contributed by atoms with Crippen LogP contribution in [-0.2, 0) is 9.53 Å². The van der Waals surface area contributed by atoms with Gasteiger partial charge in [0.15, 0.2) is 0 Å². The first-order valence-corrected chi connectivity index (χ1v) is 5.67. The lowest BCUT2D eigenvalue weighted by atomic mass is 10.1. The maximum absolute atomic E-state index is 10.8. The van der Waals surface area contributed by atoms with E-state index in [1.54, 1.807) is 19.1 Å². The van der Waals surface area contributed by atoms with Crippen LogP contribution in [0.3, 0.4) is 0 Å². The quantitative estimate of drug-likeness (QED) is 0.577.